The molecule has 7 nitrogen and oxygen atoms in total. The summed E-state index contributed by atoms with van der Waals surface area (Å²) >= 11 is 0. The van der Waals surface area contributed by atoms with E-state index in [1.807, 2.05) is 13.8 Å². The van der Waals surface area contributed by atoms with Crippen molar-refractivity contribution in [3.63, 3.8) is 0 Å². The van der Waals surface area contributed by atoms with Crippen LogP contribution in [0.25, 0.3) is 10.9 Å². The maximum atomic E-state index is 12.5. The van der Waals surface area contributed by atoms with Crippen LogP contribution in [0.4, 0.5) is 0 Å². The van der Waals surface area contributed by atoms with Crippen molar-refractivity contribution in [1.29, 1.82) is 0 Å². The van der Waals surface area contributed by atoms with Crippen LogP contribution in [-0.2, 0) is 19.6 Å². The largest absolute Gasteiger partial charge is 0.360 e. The van der Waals surface area contributed by atoms with E-state index in [2.05, 4.69) is 15.0 Å². The number of amides is 2. The van der Waals surface area contributed by atoms with E-state index >= 15 is 0 Å². The Labute approximate surface area is 140 Å². The highest BCUT2D eigenvalue weighted by Crippen LogP contribution is 2.22. The summed E-state index contributed by atoms with van der Waals surface area (Å²) in [5, 5.41) is 2.99. The summed E-state index contributed by atoms with van der Waals surface area (Å²) in [6.45, 7) is 5.06. The molecular formula is C16H21N3O4S. The molecule has 0 fully saturated rings. The molecule has 0 aliphatic heterocycles. The van der Waals surface area contributed by atoms with E-state index in [4.69, 9.17) is 0 Å². The number of sulfonamides is 1. The SMILES string of the molecule is CC(=O)NC(CC(C)C)C(=O)NS(=O)(=O)c1c[nH]c2ccccc12. The van der Waals surface area contributed by atoms with Gasteiger partial charge in [0.2, 0.25) is 5.91 Å². The molecule has 0 bridgehead atoms. The second-order valence-corrected chi connectivity index (χ2v) is 7.70. The van der Waals surface area contributed by atoms with Gasteiger partial charge < -0.3 is 10.3 Å². The first-order valence-electron chi connectivity index (χ1n) is 7.60. The first kappa shape index (κ1) is 18.0. The molecule has 0 saturated heterocycles. The average molecular weight is 351 g/mol. The lowest BCUT2D eigenvalue weighted by Gasteiger charge is -2.19. The smallest absolute Gasteiger partial charge is 0.266 e. The Kier molecular flexibility index (Phi) is 5.28. The van der Waals surface area contributed by atoms with E-state index in [9.17, 15) is 18.0 Å². The fourth-order valence-electron chi connectivity index (χ4n) is 2.47. The first-order chi connectivity index (χ1) is 11.2. The topological polar surface area (TPSA) is 108 Å². The lowest BCUT2D eigenvalue weighted by Crippen LogP contribution is -2.48. The molecule has 8 heteroatoms. The molecule has 130 valence electrons. The number of para-hydroxylation sites is 1. The molecule has 1 aromatic heterocycles. The van der Waals surface area contributed by atoms with Crippen LogP contribution in [0, 0.1) is 5.92 Å². The van der Waals surface area contributed by atoms with Crippen LogP contribution in [0.5, 0.6) is 0 Å². The van der Waals surface area contributed by atoms with Gasteiger partial charge in [-0.05, 0) is 18.4 Å². The lowest BCUT2D eigenvalue weighted by atomic mass is 10.0. The molecule has 1 aromatic carbocycles. The normalized spacial score (nSPS) is 13.0. The summed E-state index contributed by atoms with van der Waals surface area (Å²) in [4.78, 5) is 26.5. The zero-order chi connectivity index (χ0) is 17.9. The van der Waals surface area contributed by atoms with Gasteiger partial charge in [-0.25, -0.2) is 13.1 Å². The van der Waals surface area contributed by atoms with Crippen molar-refractivity contribution in [2.24, 2.45) is 5.92 Å². The standard InChI is InChI=1S/C16H21N3O4S/c1-10(2)8-14(18-11(3)20)16(21)19-24(22,23)15-9-17-13-7-5-4-6-12(13)15/h4-7,9-10,14,17H,8H2,1-3H3,(H,18,20)(H,19,21). The highest BCUT2D eigenvalue weighted by molar-refractivity contribution is 7.90. The fraction of sp³-hybridized carbons (Fsp3) is 0.375. The van der Waals surface area contributed by atoms with Crippen LogP contribution in [-0.4, -0.2) is 31.3 Å². The minimum atomic E-state index is -4.04. The molecule has 2 aromatic rings. The monoisotopic (exact) mass is 351 g/mol. The summed E-state index contributed by atoms with van der Waals surface area (Å²) < 4.78 is 27.1. The third-order valence-electron chi connectivity index (χ3n) is 3.48. The Hall–Kier alpha value is -2.35. The zero-order valence-corrected chi connectivity index (χ0v) is 14.6. The molecule has 0 spiro atoms. The van der Waals surface area contributed by atoms with Gasteiger partial charge in [0, 0.05) is 24.0 Å². The van der Waals surface area contributed by atoms with Crippen LogP contribution in [0.2, 0.25) is 0 Å². The van der Waals surface area contributed by atoms with Crippen molar-refractivity contribution in [1.82, 2.24) is 15.0 Å². The number of aromatic nitrogens is 1. The molecule has 3 N–H and O–H groups in total. The zero-order valence-electron chi connectivity index (χ0n) is 13.8. The number of H-pyrrole nitrogens is 1. The third-order valence-corrected chi connectivity index (χ3v) is 4.86. The minimum absolute atomic E-state index is 0.00225. The van der Waals surface area contributed by atoms with Crippen LogP contribution < -0.4 is 10.0 Å². The number of aromatic amines is 1. The van der Waals surface area contributed by atoms with Gasteiger partial charge >= 0.3 is 0 Å². The van der Waals surface area contributed by atoms with E-state index in [1.165, 1.54) is 13.1 Å². The molecule has 0 aliphatic rings. The van der Waals surface area contributed by atoms with Crippen molar-refractivity contribution in [2.75, 3.05) is 0 Å². The van der Waals surface area contributed by atoms with E-state index in [0.717, 1.165) is 0 Å². The van der Waals surface area contributed by atoms with Crippen molar-refractivity contribution in [3.8, 4) is 0 Å². The highest BCUT2D eigenvalue weighted by Gasteiger charge is 2.27. The molecular weight excluding hydrogens is 330 g/mol. The van der Waals surface area contributed by atoms with E-state index in [-0.39, 0.29) is 16.7 Å². The predicted octanol–water partition coefficient (Wildman–Crippen LogP) is 1.52. The Morgan fingerprint density at radius 2 is 1.88 bits per heavy atom. The van der Waals surface area contributed by atoms with Crippen molar-refractivity contribution in [2.45, 2.75) is 38.1 Å². The summed E-state index contributed by atoms with van der Waals surface area (Å²) in [6, 6.07) is 6.00. The van der Waals surface area contributed by atoms with E-state index in [1.54, 1.807) is 24.3 Å². The molecule has 1 atom stereocenters. The van der Waals surface area contributed by atoms with Gasteiger partial charge in [-0.2, -0.15) is 0 Å². The third kappa shape index (κ3) is 4.14. The predicted molar refractivity (Wildman–Crippen MR) is 90.7 cm³/mol. The molecule has 24 heavy (non-hydrogen) atoms. The van der Waals surface area contributed by atoms with Gasteiger partial charge in [-0.1, -0.05) is 32.0 Å². The van der Waals surface area contributed by atoms with Gasteiger partial charge in [0.15, 0.2) is 0 Å². The van der Waals surface area contributed by atoms with Crippen LogP contribution >= 0.6 is 0 Å². The average Bonchev–Trinajstić information content (AvgIpc) is 2.89. The van der Waals surface area contributed by atoms with Gasteiger partial charge in [-0.3, -0.25) is 9.59 Å². The van der Waals surface area contributed by atoms with Gasteiger partial charge in [0.25, 0.3) is 15.9 Å². The number of carbonyl (C=O) groups excluding carboxylic acids is 2. The molecule has 0 radical (unpaired) electrons. The van der Waals surface area contributed by atoms with Gasteiger partial charge in [-0.15, -0.1) is 0 Å². The summed E-state index contributed by atoms with van der Waals surface area (Å²) in [5.41, 5.74) is 0.658. The first-order valence-corrected chi connectivity index (χ1v) is 9.09. The summed E-state index contributed by atoms with van der Waals surface area (Å²) in [6.07, 6.45) is 1.69. The van der Waals surface area contributed by atoms with Crippen molar-refractivity contribution in [3.05, 3.63) is 30.5 Å². The maximum Gasteiger partial charge on any atom is 0.266 e. The van der Waals surface area contributed by atoms with E-state index < -0.39 is 22.0 Å². The molecule has 0 saturated carbocycles. The number of nitrogens with one attached hydrogen (secondary N) is 3. The van der Waals surface area contributed by atoms with Crippen molar-refractivity contribution >= 4 is 32.7 Å². The van der Waals surface area contributed by atoms with Crippen LogP contribution in [0.1, 0.15) is 27.2 Å². The van der Waals surface area contributed by atoms with Crippen LogP contribution in [0.15, 0.2) is 35.4 Å². The molecule has 1 unspecified atom stereocenters. The molecule has 0 aliphatic carbocycles. The Bertz CT molecular complexity index is 855. The minimum Gasteiger partial charge on any atom is -0.360 e. The quantitative estimate of drug-likeness (QED) is 0.733. The van der Waals surface area contributed by atoms with Gasteiger partial charge in [0.05, 0.1) is 0 Å². The summed E-state index contributed by atoms with van der Waals surface area (Å²) in [5.74, 6) is -1.02. The highest BCUT2D eigenvalue weighted by atomic mass is 32.2. The molecule has 2 amide bonds. The Morgan fingerprint density at radius 1 is 1.21 bits per heavy atom. The number of benzene rings is 1. The molecule has 2 rings (SSSR count). The fourth-order valence-corrected chi connectivity index (χ4v) is 3.67. The Morgan fingerprint density at radius 3 is 2.50 bits per heavy atom. The van der Waals surface area contributed by atoms with Crippen LogP contribution in [0.3, 0.4) is 0 Å². The number of carbonyl (C=O) groups is 2. The lowest BCUT2D eigenvalue weighted by molar-refractivity contribution is -0.127. The van der Waals surface area contributed by atoms with E-state index in [0.29, 0.717) is 17.3 Å². The van der Waals surface area contributed by atoms with Crippen molar-refractivity contribution < 1.29 is 18.0 Å². The molecule has 1 heterocycles. The second-order valence-electron chi connectivity index (χ2n) is 6.05. The maximum absolute atomic E-state index is 12.5. The summed E-state index contributed by atoms with van der Waals surface area (Å²) in [7, 11) is -4.04. The number of hydrogen-bond donors (Lipinski definition) is 3. The van der Waals surface area contributed by atoms with Gasteiger partial charge in [0.1, 0.15) is 10.9 Å². The number of fused-ring (bicyclic) bond motifs is 1. The number of rotatable bonds is 6. The second kappa shape index (κ2) is 7.04. The Balaban J connectivity index is 2.26. The number of hydrogen-bond acceptors (Lipinski definition) is 4.